The van der Waals surface area contributed by atoms with Crippen molar-refractivity contribution in [1.82, 2.24) is 19.1 Å². The Kier molecular flexibility index (Phi) is 5.40. The van der Waals surface area contributed by atoms with Gasteiger partial charge in [-0.2, -0.15) is 0 Å². The highest BCUT2D eigenvalue weighted by molar-refractivity contribution is 5.97. The largest absolute Gasteiger partial charge is 0.494 e. The Hall–Kier alpha value is -3.61. The van der Waals surface area contributed by atoms with E-state index in [-0.39, 0.29) is 0 Å². The fraction of sp³-hybridized carbons (Fsp3) is 0.346. The molecule has 0 radical (unpaired) electrons. The third-order valence-corrected chi connectivity index (χ3v) is 6.25. The summed E-state index contributed by atoms with van der Waals surface area (Å²) in [5.74, 6) is 1.08. The predicted octanol–water partition coefficient (Wildman–Crippen LogP) is 5.32. The molecule has 0 N–H and O–H groups in total. The first-order valence-electron chi connectivity index (χ1n) is 11.4. The number of esters is 1. The average molecular weight is 445 g/mol. The van der Waals surface area contributed by atoms with E-state index in [1.165, 1.54) is 7.11 Å². The lowest BCUT2D eigenvalue weighted by molar-refractivity contribution is 0.0600. The van der Waals surface area contributed by atoms with Crippen molar-refractivity contribution >= 4 is 28.0 Å². The lowest BCUT2D eigenvalue weighted by Gasteiger charge is -2.13. The summed E-state index contributed by atoms with van der Waals surface area (Å²) >= 11 is 0. The molecular formula is C26H28N4O3. The van der Waals surface area contributed by atoms with Gasteiger partial charge in [0.1, 0.15) is 16.9 Å². The highest BCUT2D eigenvalue weighted by Gasteiger charge is 2.32. The smallest absolute Gasteiger partial charge is 0.338 e. The minimum atomic E-state index is -0.408. The van der Waals surface area contributed by atoms with Crippen molar-refractivity contribution in [3.05, 3.63) is 54.2 Å². The second kappa shape index (κ2) is 8.39. The molecule has 0 bridgehead atoms. The van der Waals surface area contributed by atoms with E-state index < -0.39 is 5.97 Å². The van der Waals surface area contributed by atoms with Gasteiger partial charge in [0, 0.05) is 23.7 Å². The van der Waals surface area contributed by atoms with E-state index in [1.807, 2.05) is 6.08 Å². The van der Waals surface area contributed by atoms with E-state index in [0.29, 0.717) is 17.4 Å². The second-order valence-electron chi connectivity index (χ2n) is 8.40. The van der Waals surface area contributed by atoms with Crippen LogP contribution in [-0.4, -0.2) is 39.3 Å². The summed E-state index contributed by atoms with van der Waals surface area (Å²) in [4.78, 5) is 22.2. The van der Waals surface area contributed by atoms with Crippen molar-refractivity contribution in [3.63, 3.8) is 0 Å². The molecule has 7 nitrogen and oxygen atoms in total. The molecule has 33 heavy (non-hydrogen) atoms. The summed E-state index contributed by atoms with van der Waals surface area (Å²) in [7, 11) is 3.00. The van der Waals surface area contributed by atoms with Gasteiger partial charge in [0.25, 0.3) is 0 Å². The molecule has 1 aliphatic carbocycles. The molecule has 1 aliphatic rings. The Bertz CT molecular complexity index is 1380. The van der Waals surface area contributed by atoms with Gasteiger partial charge >= 0.3 is 5.97 Å². The van der Waals surface area contributed by atoms with Crippen LogP contribution >= 0.6 is 0 Å². The number of imidazole rings is 1. The molecule has 0 atom stereocenters. The molecule has 1 saturated carbocycles. The number of benzene rings is 1. The molecule has 3 heterocycles. The Labute approximate surface area is 192 Å². The fourth-order valence-electron chi connectivity index (χ4n) is 4.45. The van der Waals surface area contributed by atoms with Crippen molar-refractivity contribution in [2.75, 3.05) is 14.2 Å². The first-order chi connectivity index (χ1) is 16.1. The van der Waals surface area contributed by atoms with Crippen molar-refractivity contribution < 1.29 is 14.3 Å². The second-order valence-corrected chi connectivity index (χ2v) is 8.40. The summed E-state index contributed by atoms with van der Waals surface area (Å²) in [5, 5.41) is 1.09. The number of ether oxygens (including phenoxy) is 2. The lowest BCUT2D eigenvalue weighted by atomic mass is 10.2. The number of methoxy groups -OCH3 is 2. The molecule has 0 aliphatic heterocycles. The van der Waals surface area contributed by atoms with Crippen molar-refractivity contribution in [2.45, 2.75) is 45.2 Å². The van der Waals surface area contributed by atoms with Gasteiger partial charge in [0.05, 0.1) is 31.0 Å². The van der Waals surface area contributed by atoms with Gasteiger partial charge < -0.3 is 18.6 Å². The molecule has 0 unspecified atom stereocenters. The maximum absolute atomic E-state index is 12.2. The zero-order chi connectivity index (χ0) is 23.1. The zero-order valence-electron chi connectivity index (χ0n) is 19.3. The third kappa shape index (κ3) is 3.57. The van der Waals surface area contributed by atoms with E-state index in [9.17, 15) is 4.79 Å². The first-order valence-corrected chi connectivity index (χ1v) is 11.4. The van der Waals surface area contributed by atoms with Gasteiger partial charge in [-0.15, -0.1) is 6.58 Å². The van der Waals surface area contributed by atoms with Gasteiger partial charge in [-0.3, -0.25) is 0 Å². The zero-order valence-corrected chi connectivity index (χ0v) is 19.3. The van der Waals surface area contributed by atoms with Gasteiger partial charge in [0.2, 0.25) is 0 Å². The van der Waals surface area contributed by atoms with Crippen LogP contribution in [0, 0.1) is 0 Å². The van der Waals surface area contributed by atoms with Crippen LogP contribution in [0.3, 0.4) is 0 Å². The number of aryl methyl sites for hydroxylation is 2. The Balaban J connectivity index is 1.80. The molecule has 7 heteroatoms. The number of rotatable bonds is 8. The number of fused-ring (bicyclic) bond motifs is 2. The van der Waals surface area contributed by atoms with E-state index in [2.05, 4.69) is 40.8 Å². The van der Waals surface area contributed by atoms with E-state index in [4.69, 9.17) is 19.4 Å². The average Bonchev–Trinajstić information content (AvgIpc) is 3.52. The standard InChI is InChI=1S/C26H28N4O3/c1-5-7-12-29-21(14-16-8-9-18(6-2)27-24(16)29)25-28-20-13-17(26(31)33-4)15-22(32-3)23(20)30(25)19-10-11-19/h5,8-9,13-15,19H,1,6-7,10-12H2,2-4H3. The lowest BCUT2D eigenvalue weighted by Crippen LogP contribution is -2.06. The third-order valence-electron chi connectivity index (χ3n) is 6.25. The van der Waals surface area contributed by atoms with Crippen LogP contribution in [0.5, 0.6) is 5.75 Å². The quantitative estimate of drug-likeness (QED) is 0.272. The molecule has 0 saturated heterocycles. The molecule has 1 aromatic carbocycles. The molecule has 0 amide bonds. The van der Waals surface area contributed by atoms with Crippen LogP contribution in [-0.2, 0) is 17.7 Å². The Morgan fingerprint density at radius 3 is 2.70 bits per heavy atom. The van der Waals surface area contributed by atoms with E-state index in [0.717, 1.165) is 71.5 Å². The highest BCUT2D eigenvalue weighted by Crippen LogP contribution is 2.44. The summed E-state index contributed by atoms with van der Waals surface area (Å²) < 4.78 is 15.2. The summed E-state index contributed by atoms with van der Waals surface area (Å²) in [6.07, 6.45) is 5.81. The van der Waals surface area contributed by atoms with Gasteiger partial charge in [-0.05, 0) is 56.0 Å². The number of hydrogen-bond donors (Lipinski definition) is 0. The van der Waals surface area contributed by atoms with Crippen LogP contribution in [0.2, 0.25) is 0 Å². The van der Waals surface area contributed by atoms with E-state index >= 15 is 0 Å². The number of pyridine rings is 1. The SMILES string of the molecule is C=CCCn1c(-c2nc3cc(C(=O)OC)cc(OC)c3n2C2CC2)cc2ccc(CC)nc21. The Morgan fingerprint density at radius 1 is 1.21 bits per heavy atom. The molecule has 1 fully saturated rings. The van der Waals surface area contributed by atoms with Crippen molar-refractivity contribution in [1.29, 1.82) is 0 Å². The number of nitrogens with zero attached hydrogens (tertiary/aromatic N) is 4. The fourth-order valence-corrected chi connectivity index (χ4v) is 4.45. The number of carbonyl (C=O) groups excluding carboxylic acids is 1. The normalized spacial score (nSPS) is 13.5. The minimum absolute atomic E-state index is 0.355. The first kappa shape index (κ1) is 21.2. The van der Waals surface area contributed by atoms with Gasteiger partial charge in [0.15, 0.2) is 5.82 Å². The molecule has 4 aromatic rings. The highest BCUT2D eigenvalue weighted by atomic mass is 16.5. The Morgan fingerprint density at radius 2 is 2.03 bits per heavy atom. The summed E-state index contributed by atoms with van der Waals surface area (Å²) in [5.41, 5.74) is 5.09. The van der Waals surface area contributed by atoms with Gasteiger partial charge in [-0.25, -0.2) is 14.8 Å². The predicted molar refractivity (Wildman–Crippen MR) is 129 cm³/mol. The molecule has 170 valence electrons. The van der Waals surface area contributed by atoms with Crippen LogP contribution in [0.4, 0.5) is 0 Å². The molecule has 5 rings (SSSR count). The maximum atomic E-state index is 12.2. The summed E-state index contributed by atoms with van der Waals surface area (Å²) in [6.45, 7) is 6.79. The van der Waals surface area contributed by atoms with Crippen LogP contribution in [0.1, 0.15) is 48.3 Å². The van der Waals surface area contributed by atoms with Crippen LogP contribution in [0.15, 0.2) is 43.0 Å². The molecule has 3 aromatic heterocycles. The monoisotopic (exact) mass is 444 g/mol. The van der Waals surface area contributed by atoms with Crippen LogP contribution < -0.4 is 4.74 Å². The number of carbonyl (C=O) groups is 1. The molecular weight excluding hydrogens is 416 g/mol. The number of allylic oxidation sites excluding steroid dienone is 1. The van der Waals surface area contributed by atoms with Gasteiger partial charge in [-0.1, -0.05) is 13.0 Å². The maximum Gasteiger partial charge on any atom is 0.338 e. The van der Waals surface area contributed by atoms with Crippen molar-refractivity contribution in [2.24, 2.45) is 0 Å². The topological polar surface area (TPSA) is 71.2 Å². The number of aromatic nitrogens is 4. The van der Waals surface area contributed by atoms with Crippen molar-refractivity contribution in [3.8, 4) is 17.3 Å². The summed E-state index contributed by atoms with van der Waals surface area (Å²) in [6, 6.07) is 10.3. The molecule has 0 spiro atoms. The van der Waals surface area contributed by atoms with E-state index in [1.54, 1.807) is 19.2 Å². The minimum Gasteiger partial charge on any atom is -0.494 e. The number of hydrogen-bond acceptors (Lipinski definition) is 5. The van der Waals surface area contributed by atoms with Crippen LogP contribution in [0.25, 0.3) is 33.6 Å².